The average molecular weight is 275 g/mol. The second kappa shape index (κ2) is 6.84. The van der Waals surface area contributed by atoms with Crippen LogP contribution in [0.25, 0.3) is 0 Å². The Morgan fingerprint density at radius 3 is 2.95 bits per heavy atom. The second-order valence-electron chi connectivity index (χ2n) is 4.77. The molecule has 0 fully saturated rings. The molecule has 1 atom stereocenters. The van der Waals surface area contributed by atoms with Crippen LogP contribution in [0.15, 0.2) is 34.9 Å². The highest BCUT2D eigenvalue weighted by Crippen LogP contribution is 2.21. The molecule has 0 amide bonds. The molecule has 0 aliphatic rings. The molecular weight excluding hydrogens is 254 g/mol. The predicted molar refractivity (Wildman–Crippen MR) is 79.9 cm³/mol. The van der Waals surface area contributed by atoms with E-state index in [1.807, 2.05) is 25.1 Å². The van der Waals surface area contributed by atoms with Gasteiger partial charge in [0.05, 0.1) is 18.6 Å². The predicted octanol–water partition coefficient (Wildman–Crippen LogP) is 3.09. The number of hydrogen-bond acceptors (Lipinski definition) is 5. The zero-order valence-corrected chi connectivity index (χ0v) is 11.9. The van der Waals surface area contributed by atoms with Gasteiger partial charge in [-0.05, 0) is 37.6 Å². The maximum atomic E-state index is 5.84. The average Bonchev–Trinajstić information content (AvgIpc) is 2.92. The quantitative estimate of drug-likeness (QED) is 0.812. The van der Waals surface area contributed by atoms with Crippen LogP contribution in [0, 0.1) is 0 Å². The molecule has 2 aromatic heterocycles. The van der Waals surface area contributed by atoms with Crippen molar-refractivity contribution in [2.45, 2.75) is 32.7 Å². The number of aromatic nitrogens is 1. The van der Waals surface area contributed by atoms with Gasteiger partial charge in [0.2, 0.25) is 5.88 Å². The van der Waals surface area contributed by atoms with Gasteiger partial charge in [0.25, 0.3) is 0 Å². The van der Waals surface area contributed by atoms with Crippen molar-refractivity contribution in [3.8, 4) is 5.88 Å². The van der Waals surface area contributed by atoms with Crippen LogP contribution in [-0.2, 0) is 6.42 Å². The van der Waals surface area contributed by atoms with Gasteiger partial charge in [-0.25, -0.2) is 0 Å². The van der Waals surface area contributed by atoms with Crippen molar-refractivity contribution in [2.75, 3.05) is 17.7 Å². The maximum absolute atomic E-state index is 5.84. The zero-order valence-electron chi connectivity index (χ0n) is 11.9. The minimum absolute atomic E-state index is 0.205. The van der Waals surface area contributed by atoms with Crippen LogP contribution < -0.4 is 15.8 Å². The summed E-state index contributed by atoms with van der Waals surface area (Å²) in [4.78, 5) is 4.39. The third kappa shape index (κ3) is 3.91. The molecule has 5 nitrogen and oxygen atoms in total. The lowest BCUT2D eigenvalue weighted by molar-refractivity contribution is 0.307. The fourth-order valence-corrected chi connectivity index (χ4v) is 1.88. The van der Waals surface area contributed by atoms with E-state index in [9.17, 15) is 0 Å². The number of nitrogens with two attached hydrogens (primary N) is 1. The summed E-state index contributed by atoms with van der Waals surface area (Å²) < 4.78 is 10.9. The van der Waals surface area contributed by atoms with E-state index < -0.39 is 0 Å². The van der Waals surface area contributed by atoms with Gasteiger partial charge in [-0.15, -0.1) is 0 Å². The number of pyridine rings is 1. The van der Waals surface area contributed by atoms with E-state index in [2.05, 4.69) is 17.2 Å². The molecule has 0 saturated carbocycles. The zero-order chi connectivity index (χ0) is 14.4. The van der Waals surface area contributed by atoms with Crippen LogP contribution in [0.2, 0.25) is 0 Å². The largest absolute Gasteiger partial charge is 0.476 e. The number of furan rings is 1. The standard InChI is InChI=1S/C15H21N3O2/c1-3-8-20-15-13(16)6-7-14(18-15)17-11(2)10-12-5-4-9-19-12/h4-7,9,11H,3,8,10,16H2,1-2H3,(H,17,18). The summed E-state index contributed by atoms with van der Waals surface area (Å²) in [7, 11) is 0. The van der Waals surface area contributed by atoms with E-state index >= 15 is 0 Å². The highest BCUT2D eigenvalue weighted by molar-refractivity contribution is 5.53. The van der Waals surface area contributed by atoms with Crippen molar-refractivity contribution >= 4 is 11.5 Å². The van der Waals surface area contributed by atoms with Gasteiger partial charge in [-0.2, -0.15) is 4.98 Å². The lowest BCUT2D eigenvalue weighted by atomic mass is 10.2. The fraction of sp³-hybridized carbons (Fsp3) is 0.400. The number of ether oxygens (including phenoxy) is 1. The Balaban J connectivity index is 1.98. The van der Waals surface area contributed by atoms with Gasteiger partial charge in [0.15, 0.2) is 0 Å². The molecule has 0 spiro atoms. The first kappa shape index (κ1) is 14.2. The topological polar surface area (TPSA) is 73.3 Å². The van der Waals surface area contributed by atoms with Crippen LogP contribution in [0.5, 0.6) is 5.88 Å². The molecule has 20 heavy (non-hydrogen) atoms. The summed E-state index contributed by atoms with van der Waals surface area (Å²) in [6.07, 6.45) is 3.40. The maximum Gasteiger partial charge on any atom is 0.239 e. The number of hydrogen-bond donors (Lipinski definition) is 2. The number of anilines is 2. The molecule has 2 rings (SSSR count). The molecule has 0 radical (unpaired) electrons. The minimum Gasteiger partial charge on any atom is -0.476 e. The van der Waals surface area contributed by atoms with Crippen molar-refractivity contribution in [1.82, 2.24) is 4.98 Å². The molecule has 1 unspecified atom stereocenters. The molecule has 0 bridgehead atoms. The Kier molecular flexibility index (Phi) is 4.87. The van der Waals surface area contributed by atoms with E-state index in [4.69, 9.17) is 14.9 Å². The highest BCUT2D eigenvalue weighted by atomic mass is 16.5. The first-order valence-electron chi connectivity index (χ1n) is 6.87. The first-order valence-corrected chi connectivity index (χ1v) is 6.87. The smallest absolute Gasteiger partial charge is 0.239 e. The number of nitrogens with zero attached hydrogens (tertiary/aromatic N) is 1. The van der Waals surface area contributed by atoms with E-state index in [1.165, 1.54) is 0 Å². The van der Waals surface area contributed by atoms with Crippen LogP contribution in [0.4, 0.5) is 11.5 Å². The molecule has 0 aliphatic carbocycles. The summed E-state index contributed by atoms with van der Waals surface area (Å²) in [5.41, 5.74) is 6.40. The normalized spacial score (nSPS) is 12.1. The number of nitrogen functional groups attached to an aromatic ring is 1. The van der Waals surface area contributed by atoms with Crippen molar-refractivity contribution in [3.05, 3.63) is 36.3 Å². The van der Waals surface area contributed by atoms with E-state index in [-0.39, 0.29) is 6.04 Å². The molecule has 2 heterocycles. The third-order valence-electron chi connectivity index (χ3n) is 2.81. The third-order valence-corrected chi connectivity index (χ3v) is 2.81. The van der Waals surface area contributed by atoms with Crippen LogP contribution >= 0.6 is 0 Å². The summed E-state index contributed by atoms with van der Waals surface area (Å²) >= 11 is 0. The Bertz CT molecular complexity index is 526. The number of rotatable bonds is 7. The Morgan fingerprint density at radius 2 is 2.25 bits per heavy atom. The highest BCUT2D eigenvalue weighted by Gasteiger charge is 2.09. The van der Waals surface area contributed by atoms with Gasteiger partial charge in [-0.1, -0.05) is 6.92 Å². The molecule has 0 aromatic carbocycles. The minimum atomic E-state index is 0.205. The van der Waals surface area contributed by atoms with Gasteiger partial charge in [-0.3, -0.25) is 0 Å². The lowest BCUT2D eigenvalue weighted by Crippen LogP contribution is -2.18. The molecular formula is C15H21N3O2. The van der Waals surface area contributed by atoms with Crippen LogP contribution in [0.1, 0.15) is 26.0 Å². The van der Waals surface area contributed by atoms with Crippen LogP contribution in [-0.4, -0.2) is 17.6 Å². The summed E-state index contributed by atoms with van der Waals surface area (Å²) in [6, 6.07) is 7.72. The monoisotopic (exact) mass is 275 g/mol. The molecule has 3 N–H and O–H groups in total. The molecule has 5 heteroatoms. The number of nitrogens with one attached hydrogen (secondary N) is 1. The first-order chi connectivity index (χ1) is 9.69. The SMILES string of the molecule is CCCOc1nc(NC(C)Cc2ccco2)ccc1N. The van der Waals surface area contributed by atoms with Crippen molar-refractivity contribution in [3.63, 3.8) is 0 Å². The van der Waals surface area contributed by atoms with Gasteiger partial charge >= 0.3 is 0 Å². The summed E-state index contributed by atoms with van der Waals surface area (Å²) in [5, 5.41) is 3.32. The Morgan fingerprint density at radius 1 is 1.40 bits per heavy atom. The van der Waals surface area contributed by atoms with Crippen molar-refractivity contribution in [2.24, 2.45) is 0 Å². The van der Waals surface area contributed by atoms with Crippen molar-refractivity contribution < 1.29 is 9.15 Å². The van der Waals surface area contributed by atoms with Gasteiger partial charge in [0, 0.05) is 12.5 Å². The van der Waals surface area contributed by atoms with E-state index in [0.717, 1.165) is 24.4 Å². The fourth-order valence-electron chi connectivity index (χ4n) is 1.88. The van der Waals surface area contributed by atoms with E-state index in [0.29, 0.717) is 18.2 Å². The lowest BCUT2D eigenvalue weighted by Gasteiger charge is -2.15. The molecule has 2 aromatic rings. The van der Waals surface area contributed by atoms with Gasteiger partial charge in [0.1, 0.15) is 11.6 Å². The van der Waals surface area contributed by atoms with Crippen molar-refractivity contribution in [1.29, 1.82) is 0 Å². The molecule has 0 saturated heterocycles. The second-order valence-corrected chi connectivity index (χ2v) is 4.77. The van der Waals surface area contributed by atoms with Crippen LogP contribution in [0.3, 0.4) is 0 Å². The summed E-state index contributed by atoms with van der Waals surface area (Å²) in [6.45, 7) is 4.74. The van der Waals surface area contributed by atoms with E-state index in [1.54, 1.807) is 12.3 Å². The Hall–Kier alpha value is -2.17. The molecule has 0 aliphatic heterocycles. The molecule has 108 valence electrons. The Labute approximate surface area is 119 Å². The van der Waals surface area contributed by atoms with Gasteiger partial charge < -0.3 is 20.2 Å². The summed E-state index contributed by atoms with van der Waals surface area (Å²) in [5.74, 6) is 2.19.